The van der Waals surface area contributed by atoms with Gasteiger partial charge in [0.2, 0.25) is 0 Å². The van der Waals surface area contributed by atoms with Crippen molar-refractivity contribution < 1.29 is 8.42 Å². The maximum Gasteiger partial charge on any atom is 0.178 e. The van der Waals surface area contributed by atoms with E-state index in [1.807, 2.05) is 19.9 Å². The lowest BCUT2D eigenvalue weighted by Crippen LogP contribution is -2.17. The lowest BCUT2D eigenvalue weighted by molar-refractivity contribution is 0.568. The molecule has 0 saturated carbocycles. The molecule has 0 aromatic heterocycles. The molecule has 0 aliphatic carbocycles. The summed E-state index contributed by atoms with van der Waals surface area (Å²) in [5.41, 5.74) is 0.980. The first-order valence-electron chi connectivity index (χ1n) is 5.35. The average Bonchev–Trinajstić information content (AvgIpc) is 2.26. The largest absolute Gasteiger partial charge is 0.224 e. The Morgan fingerprint density at radius 2 is 2.06 bits per heavy atom. The quantitative estimate of drug-likeness (QED) is 0.783. The highest BCUT2D eigenvalue weighted by atomic mass is 79.9. The summed E-state index contributed by atoms with van der Waals surface area (Å²) in [4.78, 5) is 0.437. The number of aryl methyl sites for hydroxylation is 1. The van der Waals surface area contributed by atoms with Gasteiger partial charge in [0.15, 0.2) is 9.84 Å². The number of hydrogen-bond donors (Lipinski definition) is 0. The highest BCUT2D eigenvalue weighted by molar-refractivity contribution is 9.09. The minimum atomic E-state index is -3.14. The minimum Gasteiger partial charge on any atom is -0.224 e. The van der Waals surface area contributed by atoms with E-state index in [2.05, 4.69) is 15.9 Å². The molecule has 1 aromatic rings. The van der Waals surface area contributed by atoms with Crippen molar-refractivity contribution >= 4 is 25.8 Å². The van der Waals surface area contributed by atoms with Crippen LogP contribution in [-0.4, -0.2) is 19.5 Å². The Morgan fingerprint density at radius 1 is 1.38 bits per heavy atom. The van der Waals surface area contributed by atoms with Crippen LogP contribution in [-0.2, 0) is 9.84 Å². The molecular weight excluding hydrogens is 288 g/mol. The fraction of sp³-hybridized carbons (Fsp3) is 0.500. The molecule has 1 rings (SSSR count). The zero-order chi connectivity index (χ0) is 12.2. The Bertz CT molecular complexity index is 436. The molecule has 0 amide bonds. The normalized spacial score (nSPS) is 13.7. The molecule has 90 valence electrons. The van der Waals surface area contributed by atoms with Gasteiger partial charge >= 0.3 is 0 Å². The van der Waals surface area contributed by atoms with Crippen molar-refractivity contribution in [2.24, 2.45) is 5.92 Å². The van der Waals surface area contributed by atoms with Gasteiger partial charge in [-0.05, 0) is 30.5 Å². The Hall–Kier alpha value is -0.350. The van der Waals surface area contributed by atoms with Gasteiger partial charge in [-0.3, -0.25) is 0 Å². The van der Waals surface area contributed by atoms with E-state index in [1.165, 1.54) is 0 Å². The van der Waals surface area contributed by atoms with Gasteiger partial charge in [-0.2, -0.15) is 0 Å². The minimum absolute atomic E-state index is 0.186. The summed E-state index contributed by atoms with van der Waals surface area (Å²) in [6.45, 7) is 3.92. The lowest BCUT2D eigenvalue weighted by Gasteiger charge is -2.12. The monoisotopic (exact) mass is 304 g/mol. The van der Waals surface area contributed by atoms with Gasteiger partial charge in [-0.25, -0.2) is 8.42 Å². The van der Waals surface area contributed by atoms with Gasteiger partial charge in [0.25, 0.3) is 0 Å². The Morgan fingerprint density at radius 3 is 2.56 bits per heavy atom. The first-order valence-corrected chi connectivity index (χ1v) is 8.12. The van der Waals surface area contributed by atoms with Crippen LogP contribution < -0.4 is 0 Å². The van der Waals surface area contributed by atoms with Crippen molar-refractivity contribution in [2.45, 2.75) is 25.2 Å². The first kappa shape index (κ1) is 13.7. The molecule has 0 fully saturated rings. The summed E-state index contributed by atoms with van der Waals surface area (Å²) in [6.07, 6.45) is 0.871. The number of hydrogen-bond acceptors (Lipinski definition) is 2. The molecule has 4 heteroatoms. The number of alkyl halides is 1. The van der Waals surface area contributed by atoms with Crippen LogP contribution in [0, 0.1) is 12.8 Å². The molecule has 0 aliphatic rings. The van der Waals surface area contributed by atoms with E-state index < -0.39 is 9.84 Å². The van der Waals surface area contributed by atoms with E-state index in [1.54, 1.807) is 18.2 Å². The number of benzene rings is 1. The number of halogens is 1. The summed E-state index contributed by atoms with van der Waals surface area (Å²) in [5, 5.41) is 0.731. The van der Waals surface area contributed by atoms with Gasteiger partial charge in [0, 0.05) is 5.33 Å². The van der Waals surface area contributed by atoms with E-state index in [0.29, 0.717) is 4.90 Å². The Kier molecular flexibility index (Phi) is 4.99. The van der Waals surface area contributed by atoms with Crippen LogP contribution in [0.3, 0.4) is 0 Å². The average molecular weight is 305 g/mol. The third-order valence-electron chi connectivity index (χ3n) is 2.60. The predicted molar refractivity (Wildman–Crippen MR) is 70.8 cm³/mol. The van der Waals surface area contributed by atoms with Crippen LogP contribution in [0.4, 0.5) is 0 Å². The molecule has 0 radical (unpaired) electrons. The maximum atomic E-state index is 12.1. The standard InChI is InChI=1S/C12H17BrO2S/c1-3-11(8-13)9-16(14,15)12-6-4-5-10(2)7-12/h4-7,11H,3,8-9H2,1-2H3. The molecule has 2 nitrogen and oxygen atoms in total. The summed E-state index contributed by atoms with van der Waals surface area (Å²) in [5.74, 6) is 0.406. The van der Waals surface area contributed by atoms with Crippen molar-refractivity contribution in [1.29, 1.82) is 0 Å². The van der Waals surface area contributed by atoms with E-state index in [-0.39, 0.29) is 11.7 Å². The van der Waals surface area contributed by atoms with Crippen LogP contribution in [0.5, 0.6) is 0 Å². The van der Waals surface area contributed by atoms with Crippen molar-refractivity contribution in [3.05, 3.63) is 29.8 Å². The third kappa shape index (κ3) is 3.59. The molecule has 0 N–H and O–H groups in total. The van der Waals surface area contributed by atoms with Crippen molar-refractivity contribution in [3.63, 3.8) is 0 Å². The first-order chi connectivity index (χ1) is 7.49. The molecule has 0 saturated heterocycles. The van der Waals surface area contributed by atoms with Gasteiger partial charge < -0.3 is 0 Å². The van der Waals surface area contributed by atoms with Crippen molar-refractivity contribution in [2.75, 3.05) is 11.1 Å². The van der Waals surface area contributed by atoms with Gasteiger partial charge in [0.05, 0.1) is 10.6 Å². The lowest BCUT2D eigenvalue weighted by atomic mass is 10.2. The van der Waals surface area contributed by atoms with Crippen LogP contribution in [0.1, 0.15) is 18.9 Å². The third-order valence-corrected chi connectivity index (χ3v) is 5.40. The van der Waals surface area contributed by atoms with Crippen molar-refractivity contribution in [1.82, 2.24) is 0 Å². The van der Waals surface area contributed by atoms with Crippen LogP contribution in [0.15, 0.2) is 29.2 Å². The molecule has 0 heterocycles. The van der Waals surface area contributed by atoms with Gasteiger partial charge in [-0.1, -0.05) is 41.4 Å². The van der Waals surface area contributed by atoms with Crippen LogP contribution in [0.2, 0.25) is 0 Å². The maximum absolute atomic E-state index is 12.1. The second kappa shape index (κ2) is 5.82. The van der Waals surface area contributed by atoms with Crippen LogP contribution >= 0.6 is 15.9 Å². The predicted octanol–water partition coefficient (Wildman–Crippen LogP) is 3.19. The molecule has 1 aromatic carbocycles. The molecule has 1 atom stereocenters. The summed E-state index contributed by atoms with van der Waals surface area (Å²) in [7, 11) is -3.14. The summed E-state index contributed by atoms with van der Waals surface area (Å²) in [6, 6.07) is 7.09. The molecule has 0 bridgehead atoms. The molecule has 0 aliphatic heterocycles. The van der Waals surface area contributed by atoms with Gasteiger partial charge in [-0.15, -0.1) is 0 Å². The van der Waals surface area contributed by atoms with E-state index in [0.717, 1.165) is 17.3 Å². The molecule has 16 heavy (non-hydrogen) atoms. The Balaban J connectivity index is 2.94. The Labute approximate surface area is 106 Å². The zero-order valence-corrected chi connectivity index (χ0v) is 12.0. The summed E-state index contributed by atoms with van der Waals surface area (Å²) >= 11 is 3.35. The molecule has 0 spiro atoms. The smallest absolute Gasteiger partial charge is 0.178 e. The summed E-state index contributed by atoms with van der Waals surface area (Å²) < 4.78 is 24.2. The fourth-order valence-corrected chi connectivity index (χ4v) is 4.29. The van der Waals surface area contributed by atoms with Crippen molar-refractivity contribution in [3.8, 4) is 0 Å². The highest BCUT2D eigenvalue weighted by Gasteiger charge is 2.19. The van der Waals surface area contributed by atoms with E-state index in [9.17, 15) is 8.42 Å². The molecule has 1 unspecified atom stereocenters. The van der Waals surface area contributed by atoms with Crippen LogP contribution in [0.25, 0.3) is 0 Å². The van der Waals surface area contributed by atoms with E-state index in [4.69, 9.17) is 0 Å². The molecular formula is C12H17BrO2S. The number of rotatable bonds is 5. The second-order valence-electron chi connectivity index (χ2n) is 4.03. The second-order valence-corrected chi connectivity index (χ2v) is 6.71. The SMILES string of the molecule is CCC(CBr)CS(=O)(=O)c1cccc(C)c1. The highest BCUT2D eigenvalue weighted by Crippen LogP contribution is 2.18. The number of sulfone groups is 1. The van der Waals surface area contributed by atoms with E-state index >= 15 is 0 Å². The fourth-order valence-electron chi connectivity index (χ4n) is 1.49. The topological polar surface area (TPSA) is 34.1 Å². The zero-order valence-electron chi connectivity index (χ0n) is 9.61. The van der Waals surface area contributed by atoms with Gasteiger partial charge in [0.1, 0.15) is 0 Å².